The number of aryl methyl sites for hydroxylation is 1. The molecule has 1 aromatic carbocycles. The molecule has 1 amide bonds. The Morgan fingerprint density at radius 3 is 2.45 bits per heavy atom. The summed E-state index contributed by atoms with van der Waals surface area (Å²) in [6.45, 7) is 5.45. The highest BCUT2D eigenvalue weighted by Crippen LogP contribution is 2.23. The monoisotopic (exact) mass is 299 g/mol. The van der Waals surface area contributed by atoms with Crippen molar-refractivity contribution in [1.82, 2.24) is 4.72 Å². The molecule has 0 bridgehead atoms. The van der Waals surface area contributed by atoms with E-state index in [1.807, 2.05) is 0 Å². The molecule has 4 N–H and O–H groups in total. The molecule has 0 saturated carbocycles. The first kappa shape index (κ1) is 16.6. The third kappa shape index (κ3) is 3.56. The number of rotatable bonds is 5. The number of benzene rings is 1. The Morgan fingerprint density at radius 1 is 1.35 bits per heavy atom. The van der Waals surface area contributed by atoms with Crippen LogP contribution in [0, 0.1) is 12.3 Å². The van der Waals surface area contributed by atoms with Crippen LogP contribution in [0.3, 0.4) is 0 Å². The smallest absolute Gasteiger partial charge is 0.240 e. The van der Waals surface area contributed by atoms with Gasteiger partial charge in [0.2, 0.25) is 15.9 Å². The molecule has 0 unspecified atom stereocenters. The molecule has 1 aromatic rings. The van der Waals surface area contributed by atoms with Gasteiger partial charge in [-0.1, -0.05) is 6.07 Å². The van der Waals surface area contributed by atoms with E-state index < -0.39 is 15.4 Å². The largest absolute Gasteiger partial charge is 0.329 e. The van der Waals surface area contributed by atoms with Crippen molar-refractivity contribution in [2.75, 3.05) is 18.9 Å². The Labute approximate surface area is 119 Å². The van der Waals surface area contributed by atoms with Crippen LogP contribution in [0.25, 0.3) is 0 Å². The van der Waals surface area contributed by atoms with Gasteiger partial charge in [-0.05, 0) is 45.5 Å². The van der Waals surface area contributed by atoms with Crippen LogP contribution in [0.1, 0.15) is 19.4 Å². The molecule has 0 spiro atoms. The van der Waals surface area contributed by atoms with Crippen molar-refractivity contribution in [3.05, 3.63) is 23.8 Å². The number of hydrogen-bond donors (Lipinski definition) is 3. The van der Waals surface area contributed by atoms with Crippen LogP contribution in [0.4, 0.5) is 5.69 Å². The number of hydrogen-bond acceptors (Lipinski definition) is 4. The number of anilines is 1. The molecule has 0 aromatic heterocycles. The maximum atomic E-state index is 12.1. The number of nitrogens with two attached hydrogens (primary N) is 1. The molecule has 0 aliphatic heterocycles. The van der Waals surface area contributed by atoms with Gasteiger partial charge < -0.3 is 11.1 Å². The normalized spacial score (nSPS) is 12.2. The predicted molar refractivity (Wildman–Crippen MR) is 78.9 cm³/mol. The zero-order chi connectivity index (χ0) is 15.6. The summed E-state index contributed by atoms with van der Waals surface area (Å²) < 4.78 is 25.8. The van der Waals surface area contributed by atoms with Gasteiger partial charge in [0.1, 0.15) is 0 Å². The van der Waals surface area contributed by atoms with Crippen LogP contribution < -0.4 is 15.8 Å². The lowest BCUT2D eigenvalue weighted by molar-refractivity contribution is -0.123. The molecule has 7 heteroatoms. The van der Waals surface area contributed by atoms with E-state index in [1.165, 1.54) is 19.2 Å². The minimum absolute atomic E-state index is 0.103. The molecule has 0 aliphatic rings. The molecule has 6 nitrogen and oxygen atoms in total. The predicted octanol–water partition coefficient (Wildman–Crippen LogP) is 0.827. The second-order valence-electron chi connectivity index (χ2n) is 5.23. The molecule has 1 rings (SSSR count). The van der Waals surface area contributed by atoms with Crippen LogP contribution in [-0.4, -0.2) is 27.9 Å². The van der Waals surface area contributed by atoms with Crippen molar-refractivity contribution in [3.63, 3.8) is 0 Å². The minimum Gasteiger partial charge on any atom is -0.329 e. The van der Waals surface area contributed by atoms with Gasteiger partial charge in [-0.15, -0.1) is 0 Å². The summed E-state index contributed by atoms with van der Waals surface area (Å²) in [6.07, 6.45) is 0. The summed E-state index contributed by atoms with van der Waals surface area (Å²) in [5.41, 5.74) is 6.08. The lowest BCUT2D eigenvalue weighted by Crippen LogP contribution is -2.37. The fourth-order valence-corrected chi connectivity index (χ4v) is 2.16. The first-order chi connectivity index (χ1) is 9.14. The number of carbonyl (C=O) groups excluding carboxylic acids is 1. The lowest BCUT2D eigenvalue weighted by Gasteiger charge is -2.22. The summed E-state index contributed by atoms with van der Waals surface area (Å²) >= 11 is 0. The first-order valence-corrected chi connectivity index (χ1v) is 7.68. The second-order valence-corrected chi connectivity index (χ2v) is 7.11. The fraction of sp³-hybridized carbons (Fsp3) is 0.462. The Balaban J connectivity index is 3.14. The summed E-state index contributed by atoms with van der Waals surface area (Å²) in [4.78, 5) is 12.2. The average Bonchev–Trinajstić information content (AvgIpc) is 2.40. The molecule has 112 valence electrons. The zero-order valence-electron chi connectivity index (χ0n) is 12.1. The van der Waals surface area contributed by atoms with E-state index in [1.54, 1.807) is 26.8 Å². The number of amides is 1. The van der Waals surface area contributed by atoms with E-state index in [2.05, 4.69) is 10.0 Å². The topological polar surface area (TPSA) is 101 Å². The average molecular weight is 299 g/mol. The van der Waals surface area contributed by atoms with Gasteiger partial charge in [-0.2, -0.15) is 0 Å². The molecular weight excluding hydrogens is 278 g/mol. The van der Waals surface area contributed by atoms with Crippen molar-refractivity contribution in [1.29, 1.82) is 0 Å². The van der Waals surface area contributed by atoms with Gasteiger partial charge in [0.15, 0.2) is 0 Å². The Morgan fingerprint density at radius 2 is 1.95 bits per heavy atom. The number of carbonyl (C=O) groups is 1. The van der Waals surface area contributed by atoms with Crippen molar-refractivity contribution in [2.45, 2.75) is 25.7 Å². The first-order valence-electron chi connectivity index (χ1n) is 6.20. The third-order valence-corrected chi connectivity index (χ3v) is 4.57. The lowest BCUT2D eigenvalue weighted by atomic mass is 9.92. The molecule has 20 heavy (non-hydrogen) atoms. The molecule has 0 heterocycles. The van der Waals surface area contributed by atoms with E-state index in [0.29, 0.717) is 5.69 Å². The van der Waals surface area contributed by atoms with Crippen LogP contribution in [-0.2, 0) is 14.8 Å². The van der Waals surface area contributed by atoms with Crippen LogP contribution in [0.5, 0.6) is 0 Å². The van der Waals surface area contributed by atoms with Crippen LogP contribution >= 0.6 is 0 Å². The van der Waals surface area contributed by atoms with Gasteiger partial charge in [0, 0.05) is 12.2 Å². The molecular formula is C13H21N3O3S. The molecule has 0 atom stereocenters. The van der Waals surface area contributed by atoms with E-state index in [-0.39, 0.29) is 17.3 Å². The standard InChI is InChI=1S/C13H21N3O3S/c1-9-5-6-10(20(18,19)15-4)7-11(9)16-12(17)13(2,3)8-14/h5-7,15H,8,14H2,1-4H3,(H,16,17). The second kappa shape index (κ2) is 5.90. The maximum absolute atomic E-state index is 12.1. The van der Waals surface area contributed by atoms with Crippen molar-refractivity contribution in [2.24, 2.45) is 11.1 Å². The van der Waals surface area contributed by atoms with E-state index in [4.69, 9.17) is 5.73 Å². The number of nitrogens with one attached hydrogen (secondary N) is 2. The Hall–Kier alpha value is -1.44. The van der Waals surface area contributed by atoms with E-state index in [9.17, 15) is 13.2 Å². The Kier molecular flexibility index (Phi) is 4.90. The molecule has 0 radical (unpaired) electrons. The highest BCUT2D eigenvalue weighted by Gasteiger charge is 2.26. The molecule has 0 fully saturated rings. The Bertz CT molecular complexity index is 609. The van der Waals surface area contributed by atoms with Gasteiger partial charge in [-0.3, -0.25) is 4.79 Å². The summed E-state index contributed by atoms with van der Waals surface area (Å²) in [7, 11) is -2.20. The van der Waals surface area contributed by atoms with Crippen molar-refractivity contribution < 1.29 is 13.2 Å². The van der Waals surface area contributed by atoms with E-state index in [0.717, 1.165) is 5.56 Å². The van der Waals surface area contributed by atoms with Crippen molar-refractivity contribution in [3.8, 4) is 0 Å². The van der Waals surface area contributed by atoms with Gasteiger partial charge in [0.25, 0.3) is 0 Å². The van der Waals surface area contributed by atoms with Gasteiger partial charge >= 0.3 is 0 Å². The van der Waals surface area contributed by atoms with Gasteiger partial charge in [-0.25, -0.2) is 13.1 Å². The van der Waals surface area contributed by atoms with Crippen LogP contribution in [0.15, 0.2) is 23.1 Å². The van der Waals surface area contributed by atoms with Crippen molar-refractivity contribution >= 4 is 21.6 Å². The van der Waals surface area contributed by atoms with Gasteiger partial charge in [0.05, 0.1) is 10.3 Å². The minimum atomic E-state index is -3.54. The third-order valence-electron chi connectivity index (χ3n) is 3.16. The fourth-order valence-electron chi connectivity index (χ4n) is 1.40. The molecule has 0 aliphatic carbocycles. The maximum Gasteiger partial charge on any atom is 0.240 e. The summed E-state index contributed by atoms with van der Waals surface area (Å²) in [6, 6.07) is 4.58. The highest BCUT2D eigenvalue weighted by molar-refractivity contribution is 7.89. The van der Waals surface area contributed by atoms with E-state index >= 15 is 0 Å². The SMILES string of the molecule is CNS(=O)(=O)c1ccc(C)c(NC(=O)C(C)(C)CN)c1. The number of sulfonamides is 1. The van der Waals surface area contributed by atoms with Crippen LogP contribution in [0.2, 0.25) is 0 Å². The zero-order valence-corrected chi connectivity index (χ0v) is 13.0. The highest BCUT2D eigenvalue weighted by atomic mass is 32.2. The quantitative estimate of drug-likeness (QED) is 0.749. The summed E-state index contributed by atoms with van der Waals surface area (Å²) in [5, 5.41) is 2.73. The summed E-state index contributed by atoms with van der Waals surface area (Å²) in [5.74, 6) is -0.248. The molecule has 0 saturated heterocycles.